The van der Waals surface area contributed by atoms with E-state index >= 15 is 0 Å². The minimum absolute atomic E-state index is 0.0205. The van der Waals surface area contributed by atoms with E-state index in [4.69, 9.17) is 16.3 Å². The summed E-state index contributed by atoms with van der Waals surface area (Å²) < 4.78 is 48.5. The SMILES string of the molecule is O=S(=O)(NCC1OCCc2cn(Cc3ccccc3)nc21)c1ccc(F)c(Cl)c1. The van der Waals surface area contributed by atoms with Crippen LogP contribution in [0.15, 0.2) is 59.6 Å². The number of hydrogen-bond donors (Lipinski definition) is 1. The summed E-state index contributed by atoms with van der Waals surface area (Å²) >= 11 is 5.70. The largest absolute Gasteiger partial charge is 0.370 e. The van der Waals surface area contributed by atoms with E-state index in [9.17, 15) is 12.8 Å². The zero-order valence-corrected chi connectivity index (χ0v) is 17.0. The number of halogens is 2. The molecule has 29 heavy (non-hydrogen) atoms. The highest BCUT2D eigenvalue weighted by Gasteiger charge is 2.27. The lowest BCUT2D eigenvalue weighted by Gasteiger charge is -2.22. The number of sulfonamides is 1. The Morgan fingerprint density at radius 2 is 2.03 bits per heavy atom. The van der Waals surface area contributed by atoms with Gasteiger partial charge in [-0.3, -0.25) is 4.68 Å². The van der Waals surface area contributed by atoms with Crippen LogP contribution in [0.1, 0.15) is 22.9 Å². The van der Waals surface area contributed by atoms with Crippen molar-refractivity contribution in [2.45, 2.75) is 24.0 Å². The highest BCUT2D eigenvalue weighted by atomic mass is 35.5. The van der Waals surface area contributed by atoms with Crippen LogP contribution in [-0.4, -0.2) is 31.3 Å². The van der Waals surface area contributed by atoms with Crippen molar-refractivity contribution >= 4 is 21.6 Å². The van der Waals surface area contributed by atoms with Gasteiger partial charge < -0.3 is 4.74 Å². The fourth-order valence-electron chi connectivity index (χ4n) is 3.25. The molecule has 1 atom stereocenters. The number of benzene rings is 2. The number of hydrogen-bond acceptors (Lipinski definition) is 4. The smallest absolute Gasteiger partial charge is 0.240 e. The molecule has 1 aliphatic rings. The van der Waals surface area contributed by atoms with E-state index in [2.05, 4.69) is 9.82 Å². The van der Waals surface area contributed by atoms with Gasteiger partial charge in [-0.2, -0.15) is 5.10 Å². The fourth-order valence-corrected chi connectivity index (χ4v) is 4.55. The molecule has 0 bridgehead atoms. The Morgan fingerprint density at radius 3 is 2.79 bits per heavy atom. The first kappa shape index (κ1) is 20.0. The van der Waals surface area contributed by atoms with E-state index < -0.39 is 21.9 Å². The van der Waals surface area contributed by atoms with Gasteiger partial charge in [0.25, 0.3) is 0 Å². The number of rotatable bonds is 6. The number of aromatic nitrogens is 2. The molecule has 1 N–H and O–H groups in total. The molecule has 2 heterocycles. The van der Waals surface area contributed by atoms with Crippen molar-refractivity contribution in [3.63, 3.8) is 0 Å². The Morgan fingerprint density at radius 1 is 1.24 bits per heavy atom. The minimum atomic E-state index is -3.86. The summed E-state index contributed by atoms with van der Waals surface area (Å²) in [6, 6.07) is 13.2. The molecule has 1 aromatic heterocycles. The van der Waals surface area contributed by atoms with Crippen LogP contribution in [0, 0.1) is 5.82 Å². The molecule has 0 saturated heterocycles. The van der Waals surface area contributed by atoms with Gasteiger partial charge in [-0.25, -0.2) is 17.5 Å². The van der Waals surface area contributed by atoms with Crippen molar-refractivity contribution < 1.29 is 17.5 Å². The standard InChI is InChI=1S/C20H19ClFN3O3S/c21-17-10-16(6-7-18(17)22)29(26,27)23-11-19-20-15(8-9-28-19)13-25(24-20)12-14-4-2-1-3-5-14/h1-7,10,13,19,23H,8-9,11-12H2. The zero-order valence-electron chi connectivity index (χ0n) is 15.4. The summed E-state index contributed by atoms with van der Waals surface area (Å²) in [5.74, 6) is -0.671. The van der Waals surface area contributed by atoms with E-state index in [-0.39, 0.29) is 16.5 Å². The second kappa shape index (κ2) is 8.23. The van der Waals surface area contributed by atoms with Crippen molar-refractivity contribution in [1.29, 1.82) is 0 Å². The molecule has 1 aliphatic heterocycles. The molecule has 3 aromatic rings. The van der Waals surface area contributed by atoms with Crippen molar-refractivity contribution in [3.05, 3.63) is 82.4 Å². The van der Waals surface area contributed by atoms with Crippen molar-refractivity contribution in [1.82, 2.24) is 14.5 Å². The summed E-state index contributed by atoms with van der Waals surface area (Å²) in [6.45, 7) is 1.13. The summed E-state index contributed by atoms with van der Waals surface area (Å²) in [5, 5.41) is 4.37. The van der Waals surface area contributed by atoms with Crippen LogP contribution in [0.3, 0.4) is 0 Å². The highest BCUT2D eigenvalue weighted by Crippen LogP contribution is 2.26. The third kappa shape index (κ3) is 4.51. The normalized spacial score (nSPS) is 16.6. The van der Waals surface area contributed by atoms with Gasteiger partial charge in [0.05, 0.1) is 28.8 Å². The average molecular weight is 436 g/mol. The van der Waals surface area contributed by atoms with Gasteiger partial charge in [-0.05, 0) is 35.7 Å². The molecule has 6 nitrogen and oxygen atoms in total. The Bertz CT molecular complexity index is 1120. The lowest BCUT2D eigenvalue weighted by Crippen LogP contribution is -2.32. The fraction of sp³-hybridized carbons (Fsp3) is 0.250. The van der Waals surface area contributed by atoms with Gasteiger partial charge in [-0.1, -0.05) is 41.9 Å². The van der Waals surface area contributed by atoms with Crippen LogP contribution < -0.4 is 4.72 Å². The molecule has 9 heteroatoms. The number of nitrogens with one attached hydrogen (secondary N) is 1. The first-order chi connectivity index (χ1) is 13.9. The Kier molecular flexibility index (Phi) is 5.69. The lowest BCUT2D eigenvalue weighted by molar-refractivity contribution is 0.0430. The molecule has 0 fully saturated rings. The average Bonchev–Trinajstić information content (AvgIpc) is 3.12. The summed E-state index contributed by atoms with van der Waals surface area (Å²) in [6.07, 6.45) is 2.20. The molecule has 0 saturated carbocycles. The van der Waals surface area contributed by atoms with Crippen LogP contribution in [0.4, 0.5) is 4.39 Å². The molecule has 0 spiro atoms. The zero-order chi connectivity index (χ0) is 20.4. The number of fused-ring (bicyclic) bond motifs is 1. The second-order valence-electron chi connectivity index (χ2n) is 6.76. The molecule has 4 rings (SSSR count). The molecule has 2 aromatic carbocycles. The molecule has 152 valence electrons. The monoisotopic (exact) mass is 435 g/mol. The van der Waals surface area contributed by atoms with Crippen LogP contribution in [0.25, 0.3) is 0 Å². The summed E-state index contributed by atoms with van der Waals surface area (Å²) in [7, 11) is -3.86. The third-order valence-electron chi connectivity index (χ3n) is 4.71. The quantitative estimate of drug-likeness (QED) is 0.644. The first-order valence-corrected chi connectivity index (χ1v) is 10.9. The van der Waals surface area contributed by atoms with Crippen LogP contribution in [0.5, 0.6) is 0 Å². The number of ether oxygens (including phenoxy) is 1. The van der Waals surface area contributed by atoms with Gasteiger partial charge in [0.2, 0.25) is 10.0 Å². The Balaban J connectivity index is 1.49. The van der Waals surface area contributed by atoms with E-state index in [1.54, 1.807) is 0 Å². The van der Waals surface area contributed by atoms with Gasteiger partial charge >= 0.3 is 0 Å². The summed E-state index contributed by atoms with van der Waals surface area (Å²) in [4.78, 5) is -0.102. The lowest BCUT2D eigenvalue weighted by atomic mass is 10.1. The molecule has 1 unspecified atom stereocenters. The maximum absolute atomic E-state index is 13.3. The van der Waals surface area contributed by atoms with Crippen molar-refractivity contribution in [3.8, 4) is 0 Å². The van der Waals surface area contributed by atoms with Crippen LogP contribution in [-0.2, 0) is 27.7 Å². The molecule has 0 aliphatic carbocycles. The Labute approximate surface area is 173 Å². The topological polar surface area (TPSA) is 73.2 Å². The van der Waals surface area contributed by atoms with Gasteiger partial charge in [0.15, 0.2) is 0 Å². The second-order valence-corrected chi connectivity index (χ2v) is 8.93. The van der Waals surface area contributed by atoms with Gasteiger partial charge in [0, 0.05) is 12.7 Å². The van der Waals surface area contributed by atoms with E-state index in [0.29, 0.717) is 13.2 Å². The van der Waals surface area contributed by atoms with Gasteiger partial charge in [-0.15, -0.1) is 0 Å². The minimum Gasteiger partial charge on any atom is -0.370 e. The maximum Gasteiger partial charge on any atom is 0.240 e. The summed E-state index contributed by atoms with van der Waals surface area (Å²) in [5.41, 5.74) is 2.90. The van der Waals surface area contributed by atoms with E-state index in [1.165, 1.54) is 6.07 Å². The van der Waals surface area contributed by atoms with Crippen molar-refractivity contribution in [2.75, 3.05) is 13.2 Å². The van der Waals surface area contributed by atoms with Crippen LogP contribution >= 0.6 is 11.6 Å². The number of nitrogens with zero attached hydrogens (tertiary/aromatic N) is 2. The Hall–Kier alpha value is -2.26. The van der Waals surface area contributed by atoms with Crippen LogP contribution in [0.2, 0.25) is 5.02 Å². The van der Waals surface area contributed by atoms with E-state index in [0.717, 1.165) is 35.4 Å². The predicted octanol–water partition coefficient (Wildman–Crippen LogP) is 3.32. The molecular weight excluding hydrogens is 417 g/mol. The first-order valence-electron chi connectivity index (χ1n) is 9.09. The highest BCUT2D eigenvalue weighted by molar-refractivity contribution is 7.89. The molecule has 0 radical (unpaired) electrons. The van der Waals surface area contributed by atoms with Crippen molar-refractivity contribution in [2.24, 2.45) is 0 Å². The van der Waals surface area contributed by atoms with Gasteiger partial charge in [0.1, 0.15) is 11.9 Å². The maximum atomic E-state index is 13.3. The van der Waals surface area contributed by atoms with E-state index in [1.807, 2.05) is 41.2 Å². The third-order valence-corrected chi connectivity index (χ3v) is 6.42. The molecular formula is C20H19ClFN3O3S. The molecule has 0 amide bonds. The predicted molar refractivity (Wildman–Crippen MR) is 107 cm³/mol.